The fraction of sp³-hybridized carbons (Fsp3) is 0.154. The van der Waals surface area contributed by atoms with E-state index in [9.17, 15) is 12.8 Å². The molecular formula is C13H13FN2O3S. The molecule has 0 amide bonds. The summed E-state index contributed by atoms with van der Waals surface area (Å²) in [5.74, 6) is -0.911. The van der Waals surface area contributed by atoms with Gasteiger partial charge in [-0.05, 0) is 36.2 Å². The van der Waals surface area contributed by atoms with Gasteiger partial charge in [0.1, 0.15) is 10.7 Å². The second-order valence-electron chi connectivity index (χ2n) is 4.22. The first kappa shape index (κ1) is 14.4. The third-order valence-electron chi connectivity index (χ3n) is 2.75. The number of pyridine rings is 1. The molecule has 0 atom stereocenters. The number of benzene rings is 1. The highest BCUT2D eigenvalue weighted by Crippen LogP contribution is 2.21. The second-order valence-corrected chi connectivity index (χ2v) is 5.87. The summed E-state index contributed by atoms with van der Waals surface area (Å²) in [6.07, 6.45) is 2.89. The number of nitrogens with zero attached hydrogens (tertiary/aromatic N) is 1. The number of anilines is 1. The molecule has 2 rings (SSSR count). The van der Waals surface area contributed by atoms with E-state index in [0.29, 0.717) is 11.1 Å². The number of nitrogens with one attached hydrogen (secondary N) is 1. The molecule has 2 aromatic rings. The van der Waals surface area contributed by atoms with Crippen LogP contribution in [0.3, 0.4) is 0 Å². The Bertz CT molecular complexity index is 732. The van der Waals surface area contributed by atoms with Crippen LogP contribution in [0.1, 0.15) is 11.1 Å². The monoisotopic (exact) mass is 296 g/mol. The molecule has 0 unspecified atom stereocenters. The summed E-state index contributed by atoms with van der Waals surface area (Å²) in [4.78, 5) is 3.35. The number of sulfonamides is 1. The minimum absolute atomic E-state index is 0.290. The predicted octanol–water partition coefficient (Wildman–Crippen LogP) is 1.82. The van der Waals surface area contributed by atoms with Gasteiger partial charge in [-0.15, -0.1) is 0 Å². The lowest BCUT2D eigenvalue weighted by Crippen LogP contribution is -2.15. The number of halogens is 1. The molecule has 106 valence electrons. The van der Waals surface area contributed by atoms with Crippen LogP contribution >= 0.6 is 0 Å². The van der Waals surface area contributed by atoms with E-state index in [4.69, 9.17) is 5.11 Å². The van der Waals surface area contributed by atoms with Crippen molar-refractivity contribution in [2.24, 2.45) is 0 Å². The smallest absolute Gasteiger partial charge is 0.264 e. The number of aryl methyl sites for hydroxylation is 1. The highest BCUT2D eigenvalue weighted by molar-refractivity contribution is 7.92. The number of aromatic nitrogens is 1. The zero-order chi connectivity index (χ0) is 14.8. The summed E-state index contributed by atoms with van der Waals surface area (Å²) in [5.41, 5.74) is 1.27. The Morgan fingerprint density at radius 1 is 1.35 bits per heavy atom. The Morgan fingerprint density at radius 2 is 2.10 bits per heavy atom. The number of rotatable bonds is 4. The minimum atomic E-state index is -4.04. The van der Waals surface area contributed by atoms with E-state index in [-0.39, 0.29) is 12.3 Å². The van der Waals surface area contributed by atoms with E-state index in [1.165, 1.54) is 18.5 Å². The van der Waals surface area contributed by atoms with Gasteiger partial charge in [0, 0.05) is 6.20 Å². The fourth-order valence-corrected chi connectivity index (χ4v) is 2.81. The van der Waals surface area contributed by atoms with Crippen LogP contribution in [0.2, 0.25) is 0 Å². The van der Waals surface area contributed by atoms with Gasteiger partial charge in [0.15, 0.2) is 0 Å². The maximum atomic E-state index is 13.8. The average molecular weight is 296 g/mol. The van der Waals surface area contributed by atoms with Crippen molar-refractivity contribution in [3.8, 4) is 0 Å². The molecule has 0 fully saturated rings. The maximum Gasteiger partial charge on any atom is 0.264 e. The molecule has 20 heavy (non-hydrogen) atoms. The van der Waals surface area contributed by atoms with Gasteiger partial charge in [0.2, 0.25) is 0 Å². The van der Waals surface area contributed by atoms with Crippen LogP contribution in [0.4, 0.5) is 10.1 Å². The van der Waals surface area contributed by atoms with Crippen molar-refractivity contribution in [2.45, 2.75) is 18.4 Å². The van der Waals surface area contributed by atoms with Gasteiger partial charge in [0.05, 0.1) is 18.5 Å². The van der Waals surface area contributed by atoms with Crippen molar-refractivity contribution in [1.82, 2.24) is 4.98 Å². The third-order valence-corrected chi connectivity index (χ3v) is 4.15. The Morgan fingerprint density at radius 3 is 2.70 bits per heavy atom. The van der Waals surface area contributed by atoms with Gasteiger partial charge >= 0.3 is 0 Å². The molecule has 0 spiro atoms. The summed E-state index contributed by atoms with van der Waals surface area (Å²) in [7, 11) is -4.04. The number of aliphatic hydroxyl groups excluding tert-OH is 1. The van der Waals surface area contributed by atoms with Crippen molar-refractivity contribution >= 4 is 15.7 Å². The zero-order valence-electron chi connectivity index (χ0n) is 10.7. The van der Waals surface area contributed by atoms with Crippen LogP contribution in [-0.4, -0.2) is 18.5 Å². The van der Waals surface area contributed by atoms with Gasteiger partial charge in [-0.3, -0.25) is 9.71 Å². The molecule has 0 bridgehead atoms. The van der Waals surface area contributed by atoms with E-state index in [0.717, 1.165) is 12.1 Å². The van der Waals surface area contributed by atoms with Crippen molar-refractivity contribution in [2.75, 3.05) is 4.72 Å². The van der Waals surface area contributed by atoms with Crippen LogP contribution in [0, 0.1) is 12.7 Å². The molecule has 2 N–H and O–H groups in total. The van der Waals surface area contributed by atoms with E-state index < -0.39 is 20.7 Å². The van der Waals surface area contributed by atoms with Crippen LogP contribution < -0.4 is 4.72 Å². The van der Waals surface area contributed by atoms with Crippen molar-refractivity contribution in [3.63, 3.8) is 0 Å². The minimum Gasteiger partial charge on any atom is -0.392 e. The molecule has 0 saturated carbocycles. The molecule has 1 aromatic carbocycles. The Balaban J connectivity index is 2.39. The number of aliphatic hydroxyl groups is 1. The molecule has 1 aromatic heterocycles. The molecule has 0 aliphatic heterocycles. The lowest BCUT2D eigenvalue weighted by molar-refractivity contribution is 0.281. The van der Waals surface area contributed by atoms with Crippen LogP contribution in [0.5, 0.6) is 0 Å². The first-order valence-electron chi connectivity index (χ1n) is 5.77. The highest BCUT2D eigenvalue weighted by atomic mass is 32.2. The average Bonchev–Trinajstić information content (AvgIpc) is 2.40. The lowest BCUT2D eigenvalue weighted by Gasteiger charge is -2.11. The van der Waals surface area contributed by atoms with E-state index in [1.54, 1.807) is 13.0 Å². The summed E-state index contributed by atoms with van der Waals surface area (Å²) < 4.78 is 40.3. The largest absolute Gasteiger partial charge is 0.392 e. The molecule has 1 heterocycles. The summed E-state index contributed by atoms with van der Waals surface area (Å²) in [6.45, 7) is 1.36. The molecule has 5 nitrogen and oxygen atoms in total. The quantitative estimate of drug-likeness (QED) is 0.902. The predicted molar refractivity (Wildman–Crippen MR) is 72.1 cm³/mol. The second kappa shape index (κ2) is 5.56. The highest BCUT2D eigenvalue weighted by Gasteiger charge is 2.20. The van der Waals surface area contributed by atoms with Gasteiger partial charge < -0.3 is 5.11 Å². The van der Waals surface area contributed by atoms with Crippen LogP contribution in [-0.2, 0) is 16.6 Å². The standard InChI is InChI=1S/C13H13FN2O3S/c1-9-4-5-15-7-12(9)16-20(18,19)13-3-2-10(8-17)6-11(13)14/h2-7,16-17H,8H2,1H3. The third kappa shape index (κ3) is 2.94. The molecule has 0 radical (unpaired) electrons. The lowest BCUT2D eigenvalue weighted by atomic mass is 10.2. The number of hydrogen-bond donors (Lipinski definition) is 2. The van der Waals surface area contributed by atoms with Gasteiger partial charge in [-0.25, -0.2) is 12.8 Å². The summed E-state index contributed by atoms with van der Waals surface area (Å²) in [5, 5.41) is 8.89. The van der Waals surface area contributed by atoms with Gasteiger partial charge in [-0.1, -0.05) is 6.07 Å². The van der Waals surface area contributed by atoms with Crippen molar-refractivity contribution in [1.29, 1.82) is 0 Å². The molecule has 0 aliphatic carbocycles. The SMILES string of the molecule is Cc1ccncc1NS(=O)(=O)c1ccc(CO)cc1F. The van der Waals surface area contributed by atoms with E-state index in [2.05, 4.69) is 9.71 Å². The normalized spacial score (nSPS) is 11.3. The maximum absolute atomic E-state index is 13.8. The Kier molecular flexibility index (Phi) is 4.01. The van der Waals surface area contributed by atoms with Crippen LogP contribution in [0.25, 0.3) is 0 Å². The van der Waals surface area contributed by atoms with Gasteiger partial charge in [-0.2, -0.15) is 0 Å². The zero-order valence-corrected chi connectivity index (χ0v) is 11.5. The number of hydrogen-bond acceptors (Lipinski definition) is 4. The van der Waals surface area contributed by atoms with Gasteiger partial charge in [0.25, 0.3) is 10.0 Å². The first-order valence-corrected chi connectivity index (χ1v) is 7.25. The Labute approximate surface area is 116 Å². The fourth-order valence-electron chi connectivity index (χ4n) is 1.63. The molecule has 0 saturated heterocycles. The van der Waals surface area contributed by atoms with Crippen LogP contribution in [0.15, 0.2) is 41.6 Å². The topological polar surface area (TPSA) is 79.3 Å². The molecule has 7 heteroatoms. The summed E-state index contributed by atoms with van der Waals surface area (Å²) >= 11 is 0. The summed E-state index contributed by atoms with van der Waals surface area (Å²) in [6, 6.07) is 5.11. The van der Waals surface area contributed by atoms with Crippen molar-refractivity contribution in [3.05, 3.63) is 53.6 Å². The van der Waals surface area contributed by atoms with E-state index in [1.807, 2.05) is 0 Å². The van der Waals surface area contributed by atoms with Crippen molar-refractivity contribution < 1.29 is 17.9 Å². The molecule has 0 aliphatic rings. The van der Waals surface area contributed by atoms with E-state index >= 15 is 0 Å². The Hall–Kier alpha value is -1.99. The molecular weight excluding hydrogens is 283 g/mol. The first-order chi connectivity index (χ1) is 9.44.